The molecule has 0 radical (unpaired) electrons. The van der Waals surface area contributed by atoms with Gasteiger partial charge in [-0.25, -0.2) is 18.4 Å². The third-order valence-electron chi connectivity index (χ3n) is 5.69. The van der Waals surface area contributed by atoms with E-state index in [0.717, 1.165) is 18.1 Å². The highest BCUT2D eigenvalue weighted by molar-refractivity contribution is 5.91. The van der Waals surface area contributed by atoms with Gasteiger partial charge >= 0.3 is 12.0 Å². The second kappa shape index (κ2) is 15.8. The standard InChI is InChI=1S/C28H38F2N2O7/c1-5-38-25(26(33)34)19-21-7-9-22(10-8-21)39-17-14-32(13-16-37-15-12-28(3,29)30)27(35)31-23-18-20(2)6-11-24(23)36-4/h6-11,18,25H,5,12-17,19H2,1-4H3,(H,31,35)(H,33,34). The number of benzene rings is 2. The number of carboxylic acids is 1. The number of alkyl halides is 2. The molecule has 0 aromatic heterocycles. The largest absolute Gasteiger partial charge is 0.495 e. The highest BCUT2D eigenvalue weighted by Gasteiger charge is 2.21. The molecule has 0 heterocycles. The number of urea groups is 1. The summed E-state index contributed by atoms with van der Waals surface area (Å²) in [5, 5.41) is 12.1. The lowest BCUT2D eigenvalue weighted by molar-refractivity contribution is -0.149. The molecule has 2 aromatic rings. The fraction of sp³-hybridized carbons (Fsp3) is 0.500. The monoisotopic (exact) mass is 552 g/mol. The molecule has 0 aliphatic carbocycles. The van der Waals surface area contributed by atoms with Crippen molar-refractivity contribution in [3.05, 3.63) is 53.6 Å². The number of amides is 2. The third kappa shape index (κ3) is 11.9. The highest BCUT2D eigenvalue weighted by Crippen LogP contribution is 2.25. The number of hydrogen-bond donors (Lipinski definition) is 2. The summed E-state index contributed by atoms with van der Waals surface area (Å²) in [7, 11) is 1.51. The Morgan fingerprint density at radius 2 is 1.77 bits per heavy atom. The molecule has 0 aliphatic rings. The molecule has 0 fully saturated rings. The summed E-state index contributed by atoms with van der Waals surface area (Å²) >= 11 is 0. The van der Waals surface area contributed by atoms with E-state index in [4.69, 9.17) is 18.9 Å². The number of aryl methyl sites for hydroxylation is 1. The zero-order valence-corrected chi connectivity index (χ0v) is 22.9. The molecule has 2 N–H and O–H groups in total. The van der Waals surface area contributed by atoms with Crippen LogP contribution in [-0.4, -0.2) is 80.7 Å². The molecular weight excluding hydrogens is 514 g/mol. The number of rotatable bonds is 17. The summed E-state index contributed by atoms with van der Waals surface area (Å²) in [6.45, 7) is 5.22. The Morgan fingerprint density at radius 3 is 2.38 bits per heavy atom. The number of anilines is 1. The minimum absolute atomic E-state index is 0.0771. The van der Waals surface area contributed by atoms with Gasteiger partial charge in [0, 0.05) is 26.0 Å². The van der Waals surface area contributed by atoms with Gasteiger partial charge in [-0.05, 0) is 56.2 Å². The van der Waals surface area contributed by atoms with Crippen LogP contribution in [0.15, 0.2) is 42.5 Å². The van der Waals surface area contributed by atoms with Crippen molar-refractivity contribution in [1.82, 2.24) is 4.90 Å². The maximum Gasteiger partial charge on any atom is 0.333 e. The summed E-state index contributed by atoms with van der Waals surface area (Å²) in [6, 6.07) is 11.9. The van der Waals surface area contributed by atoms with Crippen LogP contribution in [0.25, 0.3) is 0 Å². The maximum atomic E-state index is 13.1. The van der Waals surface area contributed by atoms with Crippen molar-refractivity contribution in [2.45, 2.75) is 45.6 Å². The minimum atomic E-state index is -2.82. The Hall–Kier alpha value is -3.44. The first kappa shape index (κ1) is 31.8. The topological polar surface area (TPSA) is 107 Å². The number of carbonyl (C=O) groups is 2. The van der Waals surface area contributed by atoms with Crippen LogP contribution in [-0.2, 0) is 20.7 Å². The van der Waals surface area contributed by atoms with Crippen LogP contribution >= 0.6 is 0 Å². The Morgan fingerprint density at radius 1 is 1.08 bits per heavy atom. The first-order valence-corrected chi connectivity index (χ1v) is 12.7. The maximum absolute atomic E-state index is 13.1. The van der Waals surface area contributed by atoms with Crippen LogP contribution in [0, 0.1) is 6.92 Å². The molecule has 11 heteroatoms. The quantitative estimate of drug-likeness (QED) is 0.266. The normalized spacial score (nSPS) is 12.1. The van der Waals surface area contributed by atoms with E-state index in [1.807, 2.05) is 13.0 Å². The molecule has 2 rings (SSSR count). The molecule has 0 spiro atoms. The van der Waals surface area contributed by atoms with E-state index in [1.54, 1.807) is 43.3 Å². The molecule has 9 nitrogen and oxygen atoms in total. The zero-order chi connectivity index (χ0) is 28.8. The number of halogens is 2. The number of methoxy groups -OCH3 is 1. The molecule has 2 aromatic carbocycles. The van der Waals surface area contributed by atoms with Gasteiger partial charge < -0.3 is 34.3 Å². The number of carboxylic acid groups (broad SMARTS) is 1. The van der Waals surface area contributed by atoms with Crippen LogP contribution < -0.4 is 14.8 Å². The summed E-state index contributed by atoms with van der Waals surface area (Å²) < 4.78 is 47.8. The number of carbonyl (C=O) groups excluding carboxylic acids is 1. The average molecular weight is 553 g/mol. The zero-order valence-electron chi connectivity index (χ0n) is 22.9. The first-order valence-electron chi connectivity index (χ1n) is 12.7. The Balaban J connectivity index is 1.98. The molecule has 39 heavy (non-hydrogen) atoms. The van der Waals surface area contributed by atoms with Crippen molar-refractivity contribution in [2.75, 3.05) is 51.9 Å². The average Bonchev–Trinajstić information content (AvgIpc) is 2.87. The Labute approximate surface area is 228 Å². The highest BCUT2D eigenvalue weighted by atomic mass is 19.3. The molecule has 0 bridgehead atoms. The molecule has 1 unspecified atom stereocenters. The summed E-state index contributed by atoms with van der Waals surface area (Å²) in [4.78, 5) is 25.9. The van der Waals surface area contributed by atoms with Crippen LogP contribution in [0.3, 0.4) is 0 Å². The van der Waals surface area contributed by atoms with Gasteiger partial charge in [0.15, 0.2) is 6.10 Å². The third-order valence-corrected chi connectivity index (χ3v) is 5.69. The molecule has 0 saturated heterocycles. The molecule has 0 aliphatic heterocycles. The van der Waals surface area contributed by atoms with Gasteiger partial charge in [-0.2, -0.15) is 0 Å². The number of ether oxygens (including phenoxy) is 4. The van der Waals surface area contributed by atoms with Gasteiger partial charge in [-0.3, -0.25) is 0 Å². The fourth-order valence-electron chi connectivity index (χ4n) is 3.59. The number of nitrogens with zero attached hydrogens (tertiary/aromatic N) is 1. The van der Waals surface area contributed by atoms with Gasteiger partial charge in [0.1, 0.15) is 18.1 Å². The SMILES string of the molecule is CCOC(Cc1ccc(OCCN(CCOCCC(C)(F)F)C(=O)Nc2cc(C)ccc2OC)cc1)C(=O)O. The van der Waals surface area contributed by atoms with Crippen molar-refractivity contribution in [2.24, 2.45) is 0 Å². The van der Waals surface area contributed by atoms with Crippen LogP contribution in [0.1, 0.15) is 31.4 Å². The van der Waals surface area contributed by atoms with E-state index in [-0.39, 0.29) is 39.3 Å². The van der Waals surface area contributed by atoms with Crippen LogP contribution in [0.2, 0.25) is 0 Å². The van der Waals surface area contributed by atoms with Gasteiger partial charge in [0.2, 0.25) is 5.92 Å². The van der Waals surface area contributed by atoms with Gasteiger partial charge in [0.25, 0.3) is 0 Å². The van der Waals surface area contributed by atoms with E-state index >= 15 is 0 Å². The molecule has 1 atom stereocenters. The van der Waals surface area contributed by atoms with Crippen LogP contribution in [0.4, 0.5) is 19.3 Å². The van der Waals surface area contributed by atoms with Crippen molar-refractivity contribution in [1.29, 1.82) is 0 Å². The molecule has 0 saturated carbocycles. The smallest absolute Gasteiger partial charge is 0.333 e. The number of nitrogens with one attached hydrogen (secondary N) is 1. The van der Waals surface area contributed by atoms with E-state index in [9.17, 15) is 23.5 Å². The lowest BCUT2D eigenvalue weighted by Gasteiger charge is -2.24. The second-order valence-electron chi connectivity index (χ2n) is 9.03. The predicted octanol–water partition coefficient (Wildman–Crippen LogP) is 5.01. The molecular formula is C28H38F2N2O7. The second-order valence-corrected chi connectivity index (χ2v) is 9.03. The Kier molecular flexibility index (Phi) is 12.9. The Bertz CT molecular complexity index is 1050. The lowest BCUT2D eigenvalue weighted by Crippen LogP contribution is -2.40. The van der Waals surface area contributed by atoms with Gasteiger partial charge in [0.05, 0.1) is 32.6 Å². The van der Waals surface area contributed by atoms with Crippen molar-refractivity contribution in [3.63, 3.8) is 0 Å². The van der Waals surface area contributed by atoms with E-state index in [2.05, 4.69) is 5.32 Å². The number of aliphatic carboxylic acids is 1. The van der Waals surface area contributed by atoms with E-state index < -0.39 is 30.4 Å². The molecule has 216 valence electrons. The fourth-order valence-corrected chi connectivity index (χ4v) is 3.59. The minimum Gasteiger partial charge on any atom is -0.495 e. The first-order chi connectivity index (χ1) is 18.5. The summed E-state index contributed by atoms with van der Waals surface area (Å²) in [5.41, 5.74) is 2.22. The van der Waals surface area contributed by atoms with Gasteiger partial charge in [-0.1, -0.05) is 18.2 Å². The predicted molar refractivity (Wildman–Crippen MR) is 143 cm³/mol. The van der Waals surface area contributed by atoms with E-state index in [0.29, 0.717) is 23.8 Å². The van der Waals surface area contributed by atoms with Crippen LogP contribution in [0.5, 0.6) is 11.5 Å². The summed E-state index contributed by atoms with van der Waals surface area (Å²) in [6.07, 6.45) is -1.10. The van der Waals surface area contributed by atoms with Gasteiger partial charge in [-0.15, -0.1) is 0 Å². The molecule has 2 amide bonds. The van der Waals surface area contributed by atoms with Crippen molar-refractivity contribution >= 4 is 17.7 Å². The van der Waals surface area contributed by atoms with Crippen molar-refractivity contribution in [3.8, 4) is 11.5 Å². The summed E-state index contributed by atoms with van der Waals surface area (Å²) in [5.74, 6) is -2.80. The lowest BCUT2D eigenvalue weighted by atomic mass is 10.1. The van der Waals surface area contributed by atoms with E-state index in [1.165, 1.54) is 12.0 Å². The van der Waals surface area contributed by atoms with Crippen molar-refractivity contribution < 1.29 is 42.4 Å². The number of hydrogen-bond acceptors (Lipinski definition) is 6.